The van der Waals surface area contributed by atoms with Crippen molar-refractivity contribution >= 4 is 38.5 Å². The Labute approximate surface area is 158 Å². The van der Waals surface area contributed by atoms with Gasteiger partial charge in [0.15, 0.2) is 0 Å². The molecule has 27 heavy (non-hydrogen) atoms. The highest BCUT2D eigenvalue weighted by Crippen LogP contribution is 2.38. The van der Waals surface area contributed by atoms with E-state index in [4.69, 9.17) is 10.5 Å². The van der Waals surface area contributed by atoms with Crippen molar-refractivity contribution in [1.29, 1.82) is 0 Å². The van der Waals surface area contributed by atoms with Gasteiger partial charge in [-0.3, -0.25) is 4.31 Å². The second-order valence-corrected chi connectivity index (χ2v) is 8.50. The number of fused-ring (bicyclic) bond motifs is 1. The van der Waals surface area contributed by atoms with Crippen molar-refractivity contribution in [3.63, 3.8) is 0 Å². The molecule has 0 spiro atoms. The molecule has 0 radical (unpaired) electrons. The quantitative estimate of drug-likeness (QED) is 0.747. The lowest BCUT2D eigenvalue weighted by molar-refractivity contribution is 0.415. The zero-order valence-electron chi connectivity index (χ0n) is 15.1. The SMILES string of the molecule is C=Cn1c(-c2ccc(N3CCCS3(=O)=O)cc2)c(N)c2ccc(OC)cc21. The fourth-order valence-electron chi connectivity index (χ4n) is 3.64. The lowest BCUT2D eigenvalue weighted by Crippen LogP contribution is -2.24. The van der Waals surface area contributed by atoms with Gasteiger partial charge in [-0.05, 0) is 30.7 Å². The predicted molar refractivity (Wildman–Crippen MR) is 110 cm³/mol. The van der Waals surface area contributed by atoms with Crippen LogP contribution in [0.5, 0.6) is 5.75 Å². The minimum atomic E-state index is -3.19. The first-order chi connectivity index (χ1) is 13.0. The largest absolute Gasteiger partial charge is 0.497 e. The number of nitrogen functional groups attached to an aromatic ring is 1. The van der Waals surface area contributed by atoms with Crippen molar-refractivity contribution in [2.45, 2.75) is 6.42 Å². The Balaban J connectivity index is 1.83. The Hall–Kier alpha value is -2.93. The van der Waals surface area contributed by atoms with E-state index in [1.54, 1.807) is 13.3 Å². The number of benzene rings is 2. The molecule has 1 saturated heterocycles. The molecule has 4 rings (SSSR count). The molecule has 6 nitrogen and oxygen atoms in total. The Morgan fingerprint density at radius 2 is 1.93 bits per heavy atom. The molecule has 0 amide bonds. The van der Waals surface area contributed by atoms with Crippen molar-refractivity contribution in [1.82, 2.24) is 4.57 Å². The van der Waals surface area contributed by atoms with E-state index in [0.717, 1.165) is 27.9 Å². The number of anilines is 2. The van der Waals surface area contributed by atoms with Crippen LogP contribution in [0.2, 0.25) is 0 Å². The summed E-state index contributed by atoms with van der Waals surface area (Å²) < 4.78 is 33.0. The number of methoxy groups -OCH3 is 1. The maximum absolute atomic E-state index is 12.1. The van der Waals surface area contributed by atoms with Crippen LogP contribution in [-0.2, 0) is 10.0 Å². The molecular weight excluding hydrogens is 362 g/mol. The minimum Gasteiger partial charge on any atom is -0.497 e. The van der Waals surface area contributed by atoms with Crippen LogP contribution in [0.1, 0.15) is 6.42 Å². The smallest absolute Gasteiger partial charge is 0.235 e. The standard InChI is InChI=1S/C20H21N3O3S/c1-3-22-18-13-16(26-2)9-10-17(18)19(21)20(22)14-5-7-15(8-6-14)23-11-4-12-27(23,24)25/h3,5-10,13H,1,4,11-12,21H2,2H3. The van der Waals surface area contributed by atoms with Gasteiger partial charge in [0.05, 0.1) is 35.4 Å². The highest BCUT2D eigenvalue weighted by atomic mass is 32.2. The van der Waals surface area contributed by atoms with Gasteiger partial charge in [-0.25, -0.2) is 8.42 Å². The van der Waals surface area contributed by atoms with E-state index in [2.05, 4.69) is 6.58 Å². The Morgan fingerprint density at radius 1 is 1.19 bits per heavy atom. The molecule has 3 aromatic rings. The molecule has 0 bridgehead atoms. The first kappa shape index (κ1) is 17.5. The summed E-state index contributed by atoms with van der Waals surface area (Å²) in [6, 6.07) is 13.2. The molecule has 2 heterocycles. The van der Waals surface area contributed by atoms with E-state index in [-0.39, 0.29) is 5.75 Å². The summed E-state index contributed by atoms with van der Waals surface area (Å²) in [6.07, 6.45) is 2.37. The molecule has 140 valence electrons. The van der Waals surface area contributed by atoms with Gasteiger partial charge in [-0.2, -0.15) is 0 Å². The van der Waals surface area contributed by atoms with Crippen molar-refractivity contribution in [3.05, 3.63) is 49.0 Å². The van der Waals surface area contributed by atoms with Gasteiger partial charge in [-0.15, -0.1) is 0 Å². The number of aromatic nitrogens is 1. The maximum atomic E-state index is 12.1. The fraction of sp³-hybridized carbons (Fsp3) is 0.200. The van der Waals surface area contributed by atoms with Crippen molar-refractivity contribution in [2.75, 3.05) is 29.4 Å². The van der Waals surface area contributed by atoms with Crippen molar-refractivity contribution in [3.8, 4) is 17.0 Å². The topological polar surface area (TPSA) is 77.6 Å². The van der Waals surface area contributed by atoms with Gasteiger partial charge in [-0.1, -0.05) is 18.7 Å². The Bertz CT molecular complexity index is 1130. The van der Waals surface area contributed by atoms with E-state index in [1.807, 2.05) is 47.0 Å². The second-order valence-electron chi connectivity index (χ2n) is 6.49. The van der Waals surface area contributed by atoms with Crippen LogP contribution in [0.15, 0.2) is 49.0 Å². The number of sulfonamides is 1. The molecule has 2 N–H and O–H groups in total. The number of hydrogen-bond acceptors (Lipinski definition) is 4. The van der Waals surface area contributed by atoms with Crippen molar-refractivity contribution in [2.24, 2.45) is 0 Å². The lowest BCUT2D eigenvalue weighted by atomic mass is 10.1. The molecule has 0 atom stereocenters. The van der Waals surface area contributed by atoms with Gasteiger partial charge in [0.1, 0.15) is 5.75 Å². The zero-order chi connectivity index (χ0) is 19.2. The molecule has 2 aromatic carbocycles. The Kier molecular flexibility index (Phi) is 4.11. The van der Waals surface area contributed by atoms with Crippen LogP contribution in [-0.4, -0.2) is 32.4 Å². The number of ether oxygens (including phenoxy) is 1. The molecule has 7 heteroatoms. The van der Waals surface area contributed by atoms with Crippen molar-refractivity contribution < 1.29 is 13.2 Å². The van der Waals surface area contributed by atoms with Gasteiger partial charge < -0.3 is 15.0 Å². The third-order valence-corrected chi connectivity index (χ3v) is 6.83. The highest BCUT2D eigenvalue weighted by molar-refractivity contribution is 7.93. The van der Waals surface area contributed by atoms with E-state index in [9.17, 15) is 8.42 Å². The predicted octanol–water partition coefficient (Wildman–Crippen LogP) is 3.54. The first-order valence-corrected chi connectivity index (χ1v) is 10.3. The number of hydrogen-bond donors (Lipinski definition) is 1. The summed E-state index contributed by atoms with van der Waals surface area (Å²) >= 11 is 0. The Morgan fingerprint density at radius 3 is 2.52 bits per heavy atom. The van der Waals surface area contributed by atoms with E-state index in [0.29, 0.717) is 24.3 Å². The van der Waals surface area contributed by atoms with Crippen LogP contribution in [0.4, 0.5) is 11.4 Å². The second kappa shape index (κ2) is 6.35. The summed E-state index contributed by atoms with van der Waals surface area (Å²) in [5.41, 5.74) is 10.4. The van der Waals surface area contributed by atoms with Crippen LogP contribution in [0.25, 0.3) is 28.4 Å². The van der Waals surface area contributed by atoms with Crippen LogP contribution >= 0.6 is 0 Å². The molecular formula is C20H21N3O3S. The summed E-state index contributed by atoms with van der Waals surface area (Å²) in [5, 5.41) is 0.914. The summed E-state index contributed by atoms with van der Waals surface area (Å²) in [4.78, 5) is 0. The highest BCUT2D eigenvalue weighted by Gasteiger charge is 2.28. The van der Waals surface area contributed by atoms with Gasteiger partial charge in [0.25, 0.3) is 0 Å². The first-order valence-electron chi connectivity index (χ1n) is 8.67. The van der Waals surface area contributed by atoms with Gasteiger partial charge in [0, 0.05) is 29.8 Å². The number of nitrogens with zero attached hydrogens (tertiary/aromatic N) is 2. The molecule has 0 aliphatic carbocycles. The summed E-state index contributed by atoms with van der Waals surface area (Å²) in [6.45, 7) is 4.44. The van der Waals surface area contributed by atoms with Crippen LogP contribution < -0.4 is 14.8 Å². The number of nitrogens with two attached hydrogens (primary N) is 1. The molecule has 1 aliphatic rings. The molecule has 0 saturated carbocycles. The summed E-state index contributed by atoms with van der Waals surface area (Å²) in [5.74, 6) is 0.943. The third kappa shape index (κ3) is 2.75. The molecule has 1 fully saturated rings. The summed E-state index contributed by atoms with van der Waals surface area (Å²) in [7, 11) is -1.57. The van der Waals surface area contributed by atoms with E-state index in [1.165, 1.54) is 4.31 Å². The third-order valence-electron chi connectivity index (χ3n) is 4.96. The van der Waals surface area contributed by atoms with Crippen LogP contribution in [0.3, 0.4) is 0 Å². The van der Waals surface area contributed by atoms with E-state index >= 15 is 0 Å². The molecule has 0 unspecified atom stereocenters. The average molecular weight is 383 g/mol. The zero-order valence-corrected chi connectivity index (χ0v) is 15.9. The van der Waals surface area contributed by atoms with Gasteiger partial charge >= 0.3 is 0 Å². The molecule has 1 aliphatic heterocycles. The fourth-order valence-corrected chi connectivity index (χ4v) is 5.21. The maximum Gasteiger partial charge on any atom is 0.235 e. The molecule has 1 aromatic heterocycles. The minimum absolute atomic E-state index is 0.203. The number of rotatable bonds is 4. The normalized spacial score (nSPS) is 16.0. The van der Waals surface area contributed by atoms with E-state index < -0.39 is 10.0 Å². The average Bonchev–Trinajstić information content (AvgIpc) is 3.17. The lowest BCUT2D eigenvalue weighted by Gasteiger charge is -2.17. The monoisotopic (exact) mass is 383 g/mol. The van der Waals surface area contributed by atoms with Crippen LogP contribution in [0, 0.1) is 0 Å². The van der Waals surface area contributed by atoms with Gasteiger partial charge in [0.2, 0.25) is 10.0 Å².